The van der Waals surface area contributed by atoms with Gasteiger partial charge in [0, 0.05) is 11.8 Å². The first kappa shape index (κ1) is 18.8. The third kappa shape index (κ3) is 3.98. The Morgan fingerprint density at radius 3 is 2.71 bits per heavy atom. The lowest BCUT2D eigenvalue weighted by Gasteiger charge is -2.02. The SMILES string of the molecule is Cc1nn(Cc2ccccc2)c2sc(C(=O)Nc3nnc(CC(C)C)s3)cc12. The highest BCUT2D eigenvalue weighted by molar-refractivity contribution is 7.20. The molecule has 0 fully saturated rings. The van der Waals surface area contributed by atoms with E-state index in [0.29, 0.717) is 22.5 Å². The van der Waals surface area contributed by atoms with Crippen molar-refractivity contribution >= 4 is 43.9 Å². The van der Waals surface area contributed by atoms with Crippen LogP contribution >= 0.6 is 22.7 Å². The summed E-state index contributed by atoms with van der Waals surface area (Å²) >= 11 is 2.89. The van der Waals surface area contributed by atoms with Crippen molar-refractivity contribution in [3.05, 3.63) is 57.5 Å². The molecule has 4 aromatic rings. The molecule has 0 atom stereocenters. The molecular formula is C20H21N5OS2. The molecule has 0 aliphatic carbocycles. The monoisotopic (exact) mass is 411 g/mol. The van der Waals surface area contributed by atoms with Crippen molar-refractivity contribution in [1.82, 2.24) is 20.0 Å². The third-order valence-electron chi connectivity index (χ3n) is 4.28. The molecule has 1 aromatic carbocycles. The second kappa shape index (κ2) is 7.81. The van der Waals surface area contributed by atoms with Gasteiger partial charge >= 0.3 is 0 Å². The number of benzene rings is 1. The third-order valence-corrected chi connectivity index (χ3v) is 6.28. The topological polar surface area (TPSA) is 72.7 Å². The molecule has 0 aliphatic heterocycles. The summed E-state index contributed by atoms with van der Waals surface area (Å²) in [5.74, 6) is 0.355. The number of aromatic nitrogens is 4. The number of hydrogen-bond acceptors (Lipinski definition) is 6. The van der Waals surface area contributed by atoms with Crippen LogP contribution in [0, 0.1) is 12.8 Å². The van der Waals surface area contributed by atoms with Gasteiger partial charge in [0.2, 0.25) is 5.13 Å². The highest BCUT2D eigenvalue weighted by Gasteiger charge is 2.18. The average Bonchev–Trinajstić information content (AvgIpc) is 3.34. The Labute approximate surface area is 171 Å². The number of nitrogens with one attached hydrogen (secondary N) is 1. The molecule has 6 nitrogen and oxygen atoms in total. The van der Waals surface area contributed by atoms with Crippen molar-refractivity contribution in [2.75, 3.05) is 5.32 Å². The zero-order valence-electron chi connectivity index (χ0n) is 16.0. The van der Waals surface area contributed by atoms with E-state index in [0.717, 1.165) is 27.3 Å². The van der Waals surface area contributed by atoms with E-state index >= 15 is 0 Å². The Morgan fingerprint density at radius 1 is 1.18 bits per heavy atom. The molecule has 0 unspecified atom stereocenters. The normalized spacial score (nSPS) is 11.4. The largest absolute Gasteiger partial charge is 0.296 e. The molecule has 0 radical (unpaired) electrons. The van der Waals surface area contributed by atoms with Crippen LogP contribution in [0.15, 0.2) is 36.4 Å². The molecule has 1 N–H and O–H groups in total. The van der Waals surface area contributed by atoms with Crippen LogP contribution in [-0.2, 0) is 13.0 Å². The summed E-state index contributed by atoms with van der Waals surface area (Å²) in [5, 5.41) is 18.3. The number of amides is 1. The summed E-state index contributed by atoms with van der Waals surface area (Å²) in [6, 6.07) is 12.1. The molecule has 0 saturated carbocycles. The average molecular weight is 412 g/mol. The fraction of sp³-hybridized carbons (Fsp3) is 0.300. The number of fused-ring (bicyclic) bond motifs is 1. The van der Waals surface area contributed by atoms with Gasteiger partial charge in [0.15, 0.2) is 0 Å². The lowest BCUT2D eigenvalue weighted by molar-refractivity contribution is 0.103. The van der Waals surface area contributed by atoms with Crippen molar-refractivity contribution < 1.29 is 4.79 Å². The van der Waals surface area contributed by atoms with E-state index in [1.807, 2.05) is 35.9 Å². The van der Waals surface area contributed by atoms with Crippen LogP contribution in [0.25, 0.3) is 10.2 Å². The number of thiophene rings is 1. The van der Waals surface area contributed by atoms with Gasteiger partial charge in [-0.25, -0.2) is 0 Å². The Bertz CT molecular complexity index is 1110. The summed E-state index contributed by atoms with van der Waals surface area (Å²) in [6.45, 7) is 6.93. The molecule has 0 saturated heterocycles. The van der Waals surface area contributed by atoms with Gasteiger partial charge in [-0.05, 0) is 24.5 Å². The Kier molecular flexibility index (Phi) is 5.23. The van der Waals surface area contributed by atoms with Gasteiger partial charge in [0.25, 0.3) is 5.91 Å². The summed E-state index contributed by atoms with van der Waals surface area (Å²) in [6.07, 6.45) is 0.866. The summed E-state index contributed by atoms with van der Waals surface area (Å²) in [7, 11) is 0. The molecule has 3 aromatic heterocycles. The second-order valence-corrected chi connectivity index (χ2v) is 9.20. The Hall–Kier alpha value is -2.58. The van der Waals surface area contributed by atoms with Crippen molar-refractivity contribution in [3.63, 3.8) is 0 Å². The molecular weight excluding hydrogens is 390 g/mol. The van der Waals surface area contributed by atoms with Crippen LogP contribution < -0.4 is 5.32 Å². The van der Waals surface area contributed by atoms with E-state index in [2.05, 4.69) is 46.6 Å². The number of carbonyl (C=O) groups excluding carboxylic acids is 1. The molecule has 144 valence electrons. The van der Waals surface area contributed by atoms with E-state index < -0.39 is 0 Å². The van der Waals surface area contributed by atoms with Crippen LogP contribution in [0.1, 0.15) is 39.8 Å². The van der Waals surface area contributed by atoms with Crippen LogP contribution in [0.3, 0.4) is 0 Å². The minimum Gasteiger partial charge on any atom is -0.296 e. The zero-order chi connectivity index (χ0) is 19.7. The van der Waals surface area contributed by atoms with Crippen LogP contribution in [0.5, 0.6) is 0 Å². The maximum absolute atomic E-state index is 12.7. The van der Waals surface area contributed by atoms with E-state index in [1.54, 1.807) is 0 Å². The molecule has 3 heterocycles. The molecule has 8 heteroatoms. The smallest absolute Gasteiger partial charge is 0.267 e. The number of nitrogens with zero attached hydrogens (tertiary/aromatic N) is 4. The Balaban J connectivity index is 1.55. The van der Waals surface area contributed by atoms with E-state index in [4.69, 9.17) is 0 Å². The molecule has 1 amide bonds. The first-order valence-corrected chi connectivity index (χ1v) is 10.8. The second-order valence-electron chi connectivity index (χ2n) is 7.11. The number of rotatable bonds is 6. The predicted octanol–water partition coefficient (Wildman–Crippen LogP) is 4.76. The maximum Gasteiger partial charge on any atom is 0.267 e. The quantitative estimate of drug-likeness (QED) is 0.497. The van der Waals surface area contributed by atoms with Crippen molar-refractivity contribution in [2.24, 2.45) is 5.92 Å². The highest BCUT2D eigenvalue weighted by Crippen LogP contribution is 2.30. The molecule has 0 aliphatic rings. The van der Waals surface area contributed by atoms with Gasteiger partial charge in [-0.1, -0.05) is 55.5 Å². The van der Waals surface area contributed by atoms with Crippen LogP contribution in [0.2, 0.25) is 0 Å². The van der Waals surface area contributed by atoms with Gasteiger partial charge in [0.1, 0.15) is 9.84 Å². The predicted molar refractivity (Wildman–Crippen MR) is 114 cm³/mol. The minimum atomic E-state index is -0.154. The zero-order valence-corrected chi connectivity index (χ0v) is 17.6. The molecule has 0 spiro atoms. The van der Waals surface area contributed by atoms with Gasteiger partial charge < -0.3 is 0 Å². The lowest BCUT2D eigenvalue weighted by Crippen LogP contribution is -2.09. The standard InChI is InChI=1S/C20H21N5OS2/c1-12(2)9-17-22-23-20(28-17)21-18(26)16-10-15-13(3)24-25(19(15)27-16)11-14-7-5-4-6-8-14/h4-8,10,12H,9,11H2,1-3H3,(H,21,23,26). The van der Waals surface area contributed by atoms with Gasteiger partial charge in [0.05, 0.1) is 17.1 Å². The molecule has 4 rings (SSSR count). The van der Waals surface area contributed by atoms with Gasteiger partial charge in [-0.2, -0.15) is 5.10 Å². The Morgan fingerprint density at radius 2 is 1.96 bits per heavy atom. The first-order chi connectivity index (χ1) is 13.5. The van der Waals surface area contributed by atoms with Crippen LogP contribution in [0.4, 0.5) is 5.13 Å². The van der Waals surface area contributed by atoms with Crippen LogP contribution in [-0.4, -0.2) is 25.9 Å². The molecule has 28 heavy (non-hydrogen) atoms. The number of carbonyl (C=O) groups is 1. The van der Waals surface area contributed by atoms with Gasteiger partial charge in [-0.15, -0.1) is 21.5 Å². The highest BCUT2D eigenvalue weighted by atomic mass is 32.1. The minimum absolute atomic E-state index is 0.154. The van der Waals surface area contributed by atoms with Crippen molar-refractivity contribution in [1.29, 1.82) is 0 Å². The van der Waals surface area contributed by atoms with Crippen molar-refractivity contribution in [3.8, 4) is 0 Å². The lowest BCUT2D eigenvalue weighted by atomic mass is 10.1. The van der Waals surface area contributed by atoms with Gasteiger partial charge in [-0.3, -0.25) is 14.8 Å². The van der Waals surface area contributed by atoms with Crippen molar-refractivity contribution in [2.45, 2.75) is 33.7 Å². The molecule has 0 bridgehead atoms. The number of aryl methyl sites for hydroxylation is 1. The first-order valence-electron chi connectivity index (χ1n) is 9.14. The van der Waals surface area contributed by atoms with E-state index in [1.165, 1.54) is 28.2 Å². The van der Waals surface area contributed by atoms with E-state index in [9.17, 15) is 4.79 Å². The maximum atomic E-state index is 12.7. The number of hydrogen-bond donors (Lipinski definition) is 1. The van der Waals surface area contributed by atoms with E-state index in [-0.39, 0.29) is 5.91 Å². The fourth-order valence-corrected chi connectivity index (χ4v) is 4.99. The fourth-order valence-electron chi connectivity index (χ4n) is 2.98. The number of anilines is 1. The summed E-state index contributed by atoms with van der Waals surface area (Å²) in [4.78, 5) is 14.4. The summed E-state index contributed by atoms with van der Waals surface area (Å²) < 4.78 is 1.97. The summed E-state index contributed by atoms with van der Waals surface area (Å²) in [5.41, 5.74) is 2.11.